The van der Waals surface area contributed by atoms with Crippen LogP contribution in [-0.2, 0) is 6.54 Å². The Labute approximate surface area is 122 Å². The summed E-state index contributed by atoms with van der Waals surface area (Å²) >= 11 is 0. The Morgan fingerprint density at radius 2 is 2.30 bits per heavy atom. The summed E-state index contributed by atoms with van der Waals surface area (Å²) in [7, 11) is 0. The minimum atomic E-state index is 0.203. The van der Waals surface area contributed by atoms with Gasteiger partial charge in [-0.25, -0.2) is 4.98 Å². The lowest BCUT2D eigenvalue weighted by Crippen LogP contribution is -2.36. The molecular weight excluding hydrogens is 250 g/mol. The third-order valence-electron chi connectivity index (χ3n) is 4.08. The highest BCUT2D eigenvalue weighted by molar-refractivity contribution is 5.49. The van der Waals surface area contributed by atoms with Crippen molar-refractivity contribution < 1.29 is 5.11 Å². The maximum absolute atomic E-state index is 9.62. The number of aromatic nitrogens is 1. The number of aliphatic hydroxyl groups is 1. The predicted molar refractivity (Wildman–Crippen MR) is 82.8 cm³/mol. The quantitative estimate of drug-likeness (QED) is 0.835. The normalized spacial score (nSPS) is 22.8. The van der Waals surface area contributed by atoms with Gasteiger partial charge in [0.2, 0.25) is 0 Å². The van der Waals surface area contributed by atoms with E-state index in [9.17, 15) is 5.11 Å². The van der Waals surface area contributed by atoms with Crippen molar-refractivity contribution in [2.45, 2.75) is 39.8 Å². The van der Waals surface area contributed by atoms with Crippen LogP contribution in [0, 0.1) is 11.8 Å². The van der Waals surface area contributed by atoms with Crippen LogP contribution < -0.4 is 10.2 Å². The van der Waals surface area contributed by atoms with E-state index in [1.165, 1.54) is 5.56 Å². The number of hydrogen-bond donors (Lipinski definition) is 2. The lowest BCUT2D eigenvalue weighted by molar-refractivity contribution is 0.244. The lowest BCUT2D eigenvalue weighted by Gasteiger charge is -2.28. The summed E-state index contributed by atoms with van der Waals surface area (Å²) in [5, 5.41) is 13.1. The monoisotopic (exact) mass is 277 g/mol. The molecule has 2 atom stereocenters. The van der Waals surface area contributed by atoms with Crippen molar-refractivity contribution in [3.05, 3.63) is 23.9 Å². The van der Waals surface area contributed by atoms with E-state index in [2.05, 4.69) is 42.0 Å². The molecule has 2 unspecified atom stereocenters. The van der Waals surface area contributed by atoms with Gasteiger partial charge >= 0.3 is 0 Å². The van der Waals surface area contributed by atoms with Crippen LogP contribution in [0.25, 0.3) is 0 Å². The molecule has 2 N–H and O–H groups in total. The molecule has 0 aromatic carbocycles. The predicted octanol–water partition coefficient (Wildman–Crippen LogP) is 2.03. The summed E-state index contributed by atoms with van der Waals surface area (Å²) in [6.07, 6.45) is 2.97. The molecule has 112 valence electrons. The standard InChI is InChI=1S/C16H27N3O/c1-12(2)9-17-10-14-5-4-7-18-16(14)19-8-6-13(3)15(19)11-20/h4-5,7,12-13,15,17,20H,6,8-11H2,1-3H3. The van der Waals surface area contributed by atoms with Crippen molar-refractivity contribution in [3.63, 3.8) is 0 Å². The Kier molecular flexibility index (Phi) is 5.38. The van der Waals surface area contributed by atoms with Crippen LogP contribution in [0.1, 0.15) is 32.8 Å². The van der Waals surface area contributed by atoms with E-state index < -0.39 is 0 Å². The van der Waals surface area contributed by atoms with Gasteiger partial charge in [-0.1, -0.05) is 26.8 Å². The van der Waals surface area contributed by atoms with Crippen LogP contribution >= 0.6 is 0 Å². The minimum absolute atomic E-state index is 0.203. The molecule has 0 bridgehead atoms. The second-order valence-corrected chi connectivity index (χ2v) is 6.22. The maximum atomic E-state index is 9.62. The lowest BCUT2D eigenvalue weighted by atomic mass is 10.0. The first kappa shape index (κ1) is 15.3. The van der Waals surface area contributed by atoms with E-state index in [1.54, 1.807) is 0 Å². The van der Waals surface area contributed by atoms with Gasteiger partial charge in [0.1, 0.15) is 5.82 Å². The fraction of sp³-hybridized carbons (Fsp3) is 0.688. The fourth-order valence-corrected chi connectivity index (χ4v) is 2.87. The Morgan fingerprint density at radius 1 is 1.50 bits per heavy atom. The van der Waals surface area contributed by atoms with Crippen molar-refractivity contribution in [2.75, 3.05) is 24.6 Å². The minimum Gasteiger partial charge on any atom is -0.394 e. The molecule has 1 saturated heterocycles. The summed E-state index contributed by atoms with van der Waals surface area (Å²) in [5.41, 5.74) is 1.22. The molecule has 20 heavy (non-hydrogen) atoms. The molecular formula is C16H27N3O. The van der Waals surface area contributed by atoms with Gasteiger partial charge in [-0.15, -0.1) is 0 Å². The van der Waals surface area contributed by atoms with E-state index >= 15 is 0 Å². The summed E-state index contributed by atoms with van der Waals surface area (Å²) in [6, 6.07) is 4.32. The average molecular weight is 277 g/mol. The zero-order chi connectivity index (χ0) is 14.5. The number of pyridine rings is 1. The van der Waals surface area contributed by atoms with Crippen LogP contribution in [0.15, 0.2) is 18.3 Å². The van der Waals surface area contributed by atoms with Gasteiger partial charge in [-0.05, 0) is 30.9 Å². The van der Waals surface area contributed by atoms with E-state index in [1.807, 2.05) is 12.3 Å². The SMILES string of the molecule is CC(C)CNCc1cccnc1N1CCC(C)C1CO. The van der Waals surface area contributed by atoms with Crippen LogP contribution in [0.5, 0.6) is 0 Å². The van der Waals surface area contributed by atoms with Gasteiger partial charge in [0.15, 0.2) is 0 Å². The van der Waals surface area contributed by atoms with Gasteiger partial charge in [0.25, 0.3) is 0 Å². The van der Waals surface area contributed by atoms with E-state index in [-0.39, 0.29) is 12.6 Å². The van der Waals surface area contributed by atoms with Crippen molar-refractivity contribution in [1.82, 2.24) is 10.3 Å². The van der Waals surface area contributed by atoms with Gasteiger partial charge < -0.3 is 15.3 Å². The molecule has 0 aliphatic carbocycles. The van der Waals surface area contributed by atoms with E-state index in [0.717, 1.165) is 31.9 Å². The fourth-order valence-electron chi connectivity index (χ4n) is 2.87. The molecule has 1 aliphatic heterocycles. The Bertz CT molecular complexity index is 422. The van der Waals surface area contributed by atoms with Crippen LogP contribution in [0.4, 0.5) is 5.82 Å². The third-order valence-corrected chi connectivity index (χ3v) is 4.08. The van der Waals surface area contributed by atoms with Crippen molar-refractivity contribution in [1.29, 1.82) is 0 Å². The van der Waals surface area contributed by atoms with Gasteiger partial charge in [0, 0.05) is 24.8 Å². The Balaban J connectivity index is 2.11. The first-order valence-electron chi connectivity index (χ1n) is 7.65. The Morgan fingerprint density at radius 3 is 3.00 bits per heavy atom. The van der Waals surface area contributed by atoms with Crippen LogP contribution in [0.3, 0.4) is 0 Å². The molecule has 2 heterocycles. The molecule has 1 aromatic heterocycles. The summed E-state index contributed by atoms with van der Waals surface area (Å²) < 4.78 is 0. The number of hydrogen-bond acceptors (Lipinski definition) is 4. The average Bonchev–Trinajstić information content (AvgIpc) is 2.80. The molecule has 0 amide bonds. The molecule has 0 radical (unpaired) electrons. The molecule has 1 fully saturated rings. The van der Waals surface area contributed by atoms with Crippen LogP contribution in [-0.4, -0.2) is 35.8 Å². The molecule has 0 saturated carbocycles. The van der Waals surface area contributed by atoms with Gasteiger partial charge in [-0.3, -0.25) is 0 Å². The molecule has 4 heteroatoms. The highest BCUT2D eigenvalue weighted by atomic mass is 16.3. The largest absolute Gasteiger partial charge is 0.394 e. The molecule has 1 aliphatic rings. The molecule has 4 nitrogen and oxygen atoms in total. The third kappa shape index (κ3) is 3.49. The number of anilines is 1. The molecule has 0 spiro atoms. The highest BCUT2D eigenvalue weighted by Gasteiger charge is 2.32. The highest BCUT2D eigenvalue weighted by Crippen LogP contribution is 2.30. The first-order chi connectivity index (χ1) is 9.63. The second kappa shape index (κ2) is 7.04. The number of rotatable bonds is 6. The first-order valence-corrected chi connectivity index (χ1v) is 7.65. The summed E-state index contributed by atoms with van der Waals surface area (Å²) in [6.45, 7) is 9.67. The number of aliphatic hydroxyl groups excluding tert-OH is 1. The Hall–Kier alpha value is -1.13. The number of nitrogens with one attached hydrogen (secondary N) is 1. The number of nitrogens with zero attached hydrogens (tertiary/aromatic N) is 2. The summed E-state index contributed by atoms with van der Waals surface area (Å²) in [5.74, 6) is 2.21. The van der Waals surface area contributed by atoms with Gasteiger partial charge in [0.05, 0.1) is 12.6 Å². The van der Waals surface area contributed by atoms with Crippen molar-refractivity contribution in [2.24, 2.45) is 11.8 Å². The second-order valence-electron chi connectivity index (χ2n) is 6.22. The summed E-state index contributed by atoms with van der Waals surface area (Å²) in [4.78, 5) is 6.84. The topological polar surface area (TPSA) is 48.4 Å². The van der Waals surface area contributed by atoms with Gasteiger partial charge in [-0.2, -0.15) is 0 Å². The molecule has 2 rings (SSSR count). The smallest absolute Gasteiger partial charge is 0.133 e. The van der Waals surface area contributed by atoms with Crippen molar-refractivity contribution in [3.8, 4) is 0 Å². The zero-order valence-electron chi connectivity index (χ0n) is 12.8. The van der Waals surface area contributed by atoms with Crippen molar-refractivity contribution >= 4 is 5.82 Å². The van der Waals surface area contributed by atoms with E-state index in [0.29, 0.717) is 11.8 Å². The van der Waals surface area contributed by atoms with Crippen LogP contribution in [0.2, 0.25) is 0 Å². The maximum Gasteiger partial charge on any atom is 0.133 e. The van der Waals surface area contributed by atoms with E-state index in [4.69, 9.17) is 0 Å². The zero-order valence-corrected chi connectivity index (χ0v) is 12.8. The molecule has 1 aromatic rings.